The molecule has 1 aliphatic heterocycles. The van der Waals surface area contributed by atoms with Crippen LogP contribution in [0, 0.1) is 0 Å². The highest BCUT2D eigenvalue weighted by Crippen LogP contribution is 2.38. The zero-order valence-corrected chi connectivity index (χ0v) is 22.2. The van der Waals surface area contributed by atoms with Gasteiger partial charge in [-0.3, -0.25) is 4.79 Å². The summed E-state index contributed by atoms with van der Waals surface area (Å²) in [6.45, 7) is 3.40. The maximum Gasteiger partial charge on any atom is 0.410 e. The van der Waals surface area contributed by atoms with Crippen LogP contribution < -0.4 is 24.8 Å². The maximum atomic E-state index is 13.5. The molecule has 0 saturated heterocycles. The van der Waals surface area contributed by atoms with Gasteiger partial charge in [0.15, 0.2) is 0 Å². The molecule has 10 heteroatoms. The Bertz CT molecular complexity index is 1260. The molecule has 0 spiro atoms. The second-order valence-electron chi connectivity index (χ2n) is 8.29. The normalized spacial score (nSPS) is 12.4. The van der Waals surface area contributed by atoms with Crippen molar-refractivity contribution in [3.63, 3.8) is 0 Å². The summed E-state index contributed by atoms with van der Waals surface area (Å²) in [4.78, 5) is 28.5. The Hall–Kier alpha value is -3.92. The van der Waals surface area contributed by atoms with E-state index in [0.717, 1.165) is 21.0 Å². The van der Waals surface area contributed by atoms with Crippen LogP contribution in [-0.2, 0) is 24.2 Å². The van der Waals surface area contributed by atoms with E-state index in [4.69, 9.17) is 18.9 Å². The van der Waals surface area contributed by atoms with Crippen molar-refractivity contribution in [2.45, 2.75) is 26.4 Å². The van der Waals surface area contributed by atoms with Crippen molar-refractivity contribution in [3.05, 3.63) is 64.0 Å². The lowest BCUT2D eigenvalue weighted by Gasteiger charge is -2.26. The highest BCUT2D eigenvalue weighted by molar-refractivity contribution is 7.16. The molecule has 0 atom stereocenters. The van der Waals surface area contributed by atoms with Crippen molar-refractivity contribution >= 4 is 34.0 Å². The second-order valence-corrected chi connectivity index (χ2v) is 9.40. The number of hydrogen-bond acceptors (Lipinski definition) is 8. The van der Waals surface area contributed by atoms with Crippen LogP contribution >= 0.6 is 11.3 Å². The Morgan fingerprint density at radius 3 is 2.41 bits per heavy atom. The molecule has 2 aromatic carbocycles. The molecule has 0 unspecified atom stereocenters. The van der Waals surface area contributed by atoms with Crippen LogP contribution in [0.15, 0.2) is 42.5 Å². The minimum absolute atomic E-state index is 0.215. The van der Waals surface area contributed by atoms with Crippen LogP contribution in [0.2, 0.25) is 0 Å². The van der Waals surface area contributed by atoms with Gasteiger partial charge in [-0.2, -0.15) is 0 Å². The van der Waals surface area contributed by atoms with Crippen molar-refractivity contribution in [2.24, 2.45) is 0 Å². The largest absolute Gasteiger partial charge is 0.497 e. The molecule has 1 aliphatic rings. The Balaban J connectivity index is 1.63. The topological polar surface area (TPSA) is 98.4 Å². The van der Waals surface area contributed by atoms with E-state index in [1.54, 1.807) is 57.4 Å². The van der Waals surface area contributed by atoms with Crippen molar-refractivity contribution in [1.82, 2.24) is 4.90 Å². The minimum Gasteiger partial charge on any atom is -0.497 e. The molecule has 0 radical (unpaired) electrons. The van der Waals surface area contributed by atoms with Gasteiger partial charge in [0.2, 0.25) is 0 Å². The third kappa shape index (κ3) is 5.91. The van der Waals surface area contributed by atoms with E-state index >= 15 is 0 Å². The molecule has 2 heterocycles. The first-order valence-corrected chi connectivity index (χ1v) is 12.7. The van der Waals surface area contributed by atoms with Gasteiger partial charge in [0.25, 0.3) is 5.91 Å². The third-order valence-corrected chi connectivity index (χ3v) is 7.26. The van der Waals surface area contributed by atoms with Crippen LogP contribution in [0.4, 0.5) is 15.5 Å². The van der Waals surface area contributed by atoms with E-state index in [-0.39, 0.29) is 12.0 Å². The van der Waals surface area contributed by atoms with Gasteiger partial charge < -0.3 is 34.5 Å². The van der Waals surface area contributed by atoms with Crippen LogP contribution in [0.3, 0.4) is 0 Å². The third-order valence-electron chi connectivity index (χ3n) is 6.08. The van der Waals surface area contributed by atoms with Gasteiger partial charge in [-0.05, 0) is 61.4 Å². The predicted octanol–water partition coefficient (Wildman–Crippen LogP) is 5.15. The van der Waals surface area contributed by atoms with E-state index in [1.807, 2.05) is 18.2 Å². The van der Waals surface area contributed by atoms with Crippen molar-refractivity contribution in [2.75, 3.05) is 45.1 Å². The number of carbonyl (C=O) groups is 2. The van der Waals surface area contributed by atoms with Gasteiger partial charge in [0, 0.05) is 29.2 Å². The van der Waals surface area contributed by atoms with E-state index in [1.165, 1.54) is 11.3 Å². The van der Waals surface area contributed by atoms with Crippen LogP contribution in [0.25, 0.3) is 0 Å². The first-order chi connectivity index (χ1) is 18.0. The molecule has 0 bridgehead atoms. The number of thiophene rings is 1. The molecule has 0 saturated carbocycles. The summed E-state index contributed by atoms with van der Waals surface area (Å²) in [5, 5.41) is 7.16. The Morgan fingerprint density at radius 2 is 1.73 bits per heavy atom. The lowest BCUT2D eigenvalue weighted by molar-refractivity contribution is 0.102. The number of fused-ring (bicyclic) bond motifs is 1. The Morgan fingerprint density at radius 1 is 1.00 bits per heavy atom. The van der Waals surface area contributed by atoms with Gasteiger partial charge >= 0.3 is 6.09 Å². The zero-order valence-electron chi connectivity index (χ0n) is 21.4. The zero-order chi connectivity index (χ0) is 26.4. The number of amides is 2. The second kappa shape index (κ2) is 11.9. The van der Waals surface area contributed by atoms with Gasteiger partial charge in [0.05, 0.1) is 40.0 Å². The lowest BCUT2D eigenvalue weighted by atomic mass is 10.0. The number of ether oxygens (including phenoxy) is 4. The molecule has 3 aromatic rings. The average Bonchev–Trinajstić information content (AvgIpc) is 3.30. The fourth-order valence-corrected chi connectivity index (χ4v) is 5.46. The molecule has 0 fully saturated rings. The van der Waals surface area contributed by atoms with E-state index in [2.05, 4.69) is 10.6 Å². The predicted molar refractivity (Wildman–Crippen MR) is 143 cm³/mol. The van der Waals surface area contributed by atoms with Crippen molar-refractivity contribution in [1.29, 1.82) is 0 Å². The number of rotatable bonds is 9. The number of hydrogen-bond donors (Lipinski definition) is 2. The smallest absolute Gasteiger partial charge is 0.410 e. The number of carbonyl (C=O) groups excluding carboxylic acids is 2. The summed E-state index contributed by atoms with van der Waals surface area (Å²) in [5.74, 6) is 1.92. The molecular formula is C27H31N3O6S. The van der Waals surface area contributed by atoms with E-state index in [0.29, 0.717) is 61.2 Å². The summed E-state index contributed by atoms with van der Waals surface area (Å²) < 4.78 is 21.3. The highest BCUT2D eigenvalue weighted by Gasteiger charge is 2.30. The number of anilines is 2. The standard InChI is InChI=1S/C27H31N3O6S/c1-5-36-27(32)30-13-12-21-23(16-30)37-26(28-15-17-14-20(34-3)10-11-22(17)35-4)24(21)25(31)29-18-6-8-19(33-2)9-7-18/h6-11,14,28H,5,12-13,15-16H2,1-4H3,(H,29,31). The molecule has 2 amide bonds. The first kappa shape index (κ1) is 26.2. The summed E-state index contributed by atoms with van der Waals surface area (Å²) in [6, 6.07) is 12.8. The van der Waals surface area contributed by atoms with Gasteiger partial charge in [-0.15, -0.1) is 11.3 Å². The summed E-state index contributed by atoms with van der Waals surface area (Å²) in [5.41, 5.74) is 3.08. The molecule has 196 valence electrons. The molecule has 2 N–H and O–H groups in total. The number of methoxy groups -OCH3 is 3. The van der Waals surface area contributed by atoms with E-state index in [9.17, 15) is 9.59 Å². The van der Waals surface area contributed by atoms with Crippen molar-refractivity contribution in [3.8, 4) is 17.2 Å². The SMILES string of the molecule is CCOC(=O)N1CCc2c(sc(NCc3cc(OC)ccc3OC)c2C(=O)Nc2ccc(OC)cc2)C1. The molecular weight excluding hydrogens is 494 g/mol. The van der Waals surface area contributed by atoms with E-state index < -0.39 is 0 Å². The van der Waals surface area contributed by atoms with Gasteiger partial charge in [-0.1, -0.05) is 0 Å². The average molecular weight is 526 g/mol. The molecule has 4 rings (SSSR count). The lowest BCUT2D eigenvalue weighted by Crippen LogP contribution is -2.36. The highest BCUT2D eigenvalue weighted by atomic mass is 32.1. The van der Waals surface area contributed by atoms with Crippen LogP contribution in [0.5, 0.6) is 17.2 Å². The molecule has 1 aromatic heterocycles. The number of nitrogens with zero attached hydrogens (tertiary/aromatic N) is 1. The Kier molecular flexibility index (Phi) is 8.39. The quantitative estimate of drug-likeness (QED) is 0.399. The molecule has 37 heavy (non-hydrogen) atoms. The Labute approximate surface area is 220 Å². The summed E-state index contributed by atoms with van der Waals surface area (Å²) >= 11 is 1.48. The van der Waals surface area contributed by atoms with Crippen LogP contribution in [0.1, 0.15) is 33.3 Å². The minimum atomic E-state index is -0.346. The summed E-state index contributed by atoms with van der Waals surface area (Å²) in [7, 11) is 4.83. The fourth-order valence-electron chi connectivity index (χ4n) is 4.20. The van der Waals surface area contributed by atoms with Crippen molar-refractivity contribution < 1.29 is 28.5 Å². The van der Waals surface area contributed by atoms with Gasteiger partial charge in [0.1, 0.15) is 22.2 Å². The number of nitrogens with one attached hydrogen (secondary N) is 2. The molecule has 9 nitrogen and oxygen atoms in total. The number of benzene rings is 2. The first-order valence-electron chi connectivity index (χ1n) is 11.9. The maximum absolute atomic E-state index is 13.5. The van der Waals surface area contributed by atoms with Crippen LogP contribution in [-0.4, -0.2) is 51.4 Å². The monoisotopic (exact) mass is 525 g/mol. The summed E-state index contributed by atoms with van der Waals surface area (Å²) in [6.07, 6.45) is 0.210. The molecule has 0 aliphatic carbocycles. The fraction of sp³-hybridized carbons (Fsp3) is 0.333. The van der Waals surface area contributed by atoms with Gasteiger partial charge in [-0.25, -0.2) is 4.79 Å².